The summed E-state index contributed by atoms with van der Waals surface area (Å²) in [6.45, 7) is 7.36. The van der Waals surface area contributed by atoms with Crippen LogP contribution in [0.3, 0.4) is 0 Å². The first-order chi connectivity index (χ1) is 16.6. The maximum absolute atomic E-state index is 14.6. The quantitative estimate of drug-likeness (QED) is 0.465. The second kappa shape index (κ2) is 11.2. The van der Waals surface area contributed by atoms with Crippen LogP contribution in [0.1, 0.15) is 18.1 Å². The maximum Gasteiger partial charge on any atom is 0.227 e. The Balaban J connectivity index is 1.32. The number of anilines is 2. The normalized spacial score (nSPS) is 14.2. The summed E-state index contributed by atoms with van der Waals surface area (Å²) in [6, 6.07) is 1.37. The molecule has 1 saturated heterocycles. The van der Waals surface area contributed by atoms with Gasteiger partial charge in [-0.25, -0.2) is 18.7 Å². The molecular weight excluding hydrogens is 444 g/mol. The Hall–Kier alpha value is -3.31. The molecule has 3 aromatic rings. The number of ether oxygens (including phenoxy) is 2. The fraction of sp³-hybridized carbons (Fsp3) is 0.435. The lowest BCUT2D eigenvalue weighted by molar-refractivity contribution is 0.229. The van der Waals surface area contributed by atoms with Crippen molar-refractivity contribution in [3.05, 3.63) is 53.6 Å². The lowest BCUT2D eigenvalue weighted by atomic mass is 10.1. The number of piperazine rings is 1. The third kappa shape index (κ3) is 5.78. The zero-order valence-corrected chi connectivity index (χ0v) is 19.4. The van der Waals surface area contributed by atoms with E-state index in [0.29, 0.717) is 17.9 Å². The van der Waals surface area contributed by atoms with E-state index in [9.17, 15) is 8.78 Å². The smallest absolute Gasteiger partial charge is 0.227 e. The van der Waals surface area contributed by atoms with E-state index in [4.69, 9.17) is 9.47 Å². The van der Waals surface area contributed by atoms with Crippen molar-refractivity contribution in [2.45, 2.75) is 26.5 Å². The number of aromatic nitrogens is 4. The molecule has 0 unspecified atom stereocenters. The minimum Gasteiger partial charge on any atom is -0.494 e. The molecular formula is C23H29F2N7O2. The van der Waals surface area contributed by atoms with Crippen molar-refractivity contribution < 1.29 is 18.3 Å². The highest BCUT2D eigenvalue weighted by Crippen LogP contribution is 2.28. The predicted molar refractivity (Wildman–Crippen MR) is 123 cm³/mol. The Labute approximate surface area is 197 Å². The van der Waals surface area contributed by atoms with Crippen molar-refractivity contribution >= 4 is 11.6 Å². The first-order valence-corrected chi connectivity index (χ1v) is 11.3. The predicted octanol–water partition coefficient (Wildman–Crippen LogP) is 2.75. The fourth-order valence-corrected chi connectivity index (χ4v) is 3.73. The summed E-state index contributed by atoms with van der Waals surface area (Å²) in [4.78, 5) is 10.8. The Kier molecular flexibility index (Phi) is 7.86. The molecule has 9 nitrogen and oxygen atoms in total. The van der Waals surface area contributed by atoms with Gasteiger partial charge in [-0.15, -0.1) is 0 Å². The molecule has 34 heavy (non-hydrogen) atoms. The van der Waals surface area contributed by atoms with Gasteiger partial charge >= 0.3 is 0 Å². The van der Waals surface area contributed by atoms with Crippen molar-refractivity contribution in [3.63, 3.8) is 0 Å². The van der Waals surface area contributed by atoms with Gasteiger partial charge in [0, 0.05) is 38.9 Å². The molecule has 1 aromatic carbocycles. The number of halogens is 2. The van der Waals surface area contributed by atoms with Crippen LogP contribution in [0, 0.1) is 11.6 Å². The van der Waals surface area contributed by atoms with Crippen LogP contribution in [0.5, 0.6) is 11.5 Å². The molecule has 0 amide bonds. The van der Waals surface area contributed by atoms with Crippen LogP contribution >= 0.6 is 0 Å². The van der Waals surface area contributed by atoms with Crippen LogP contribution in [0.15, 0.2) is 30.9 Å². The van der Waals surface area contributed by atoms with Crippen LogP contribution in [0.25, 0.3) is 0 Å². The van der Waals surface area contributed by atoms with Crippen LogP contribution < -0.4 is 20.1 Å². The number of rotatable bonds is 10. The first kappa shape index (κ1) is 23.8. The topological polar surface area (TPSA) is 89.4 Å². The van der Waals surface area contributed by atoms with E-state index >= 15 is 0 Å². The van der Waals surface area contributed by atoms with Gasteiger partial charge in [0.05, 0.1) is 43.5 Å². The van der Waals surface area contributed by atoms with Gasteiger partial charge in [0.25, 0.3) is 0 Å². The van der Waals surface area contributed by atoms with E-state index in [2.05, 4.69) is 30.6 Å². The molecule has 2 aromatic heterocycles. The van der Waals surface area contributed by atoms with Gasteiger partial charge in [-0.3, -0.25) is 9.58 Å². The van der Waals surface area contributed by atoms with Crippen molar-refractivity contribution in [2.24, 2.45) is 0 Å². The molecule has 0 bridgehead atoms. The minimum absolute atomic E-state index is 0.0128. The van der Waals surface area contributed by atoms with Crippen LogP contribution in [-0.4, -0.2) is 64.5 Å². The Morgan fingerprint density at radius 3 is 2.56 bits per heavy atom. The molecule has 1 aliphatic rings. The standard InChI is InChI=1S/C23H29F2N7O2/c1-3-16-10-20(33-2)22(25)19(21(16)24)15-34-18-12-27-23(28-13-18)30-17-11-29-32(14-17)9-8-31-6-4-26-5-7-31/h10-14,26H,3-9,15H2,1-2H3,(H,27,28,30). The molecule has 1 fully saturated rings. The number of hydrogen-bond acceptors (Lipinski definition) is 8. The lowest BCUT2D eigenvalue weighted by Crippen LogP contribution is -2.44. The largest absolute Gasteiger partial charge is 0.494 e. The van der Waals surface area contributed by atoms with Gasteiger partial charge in [0.15, 0.2) is 17.3 Å². The van der Waals surface area contributed by atoms with Gasteiger partial charge in [-0.05, 0) is 18.1 Å². The number of nitrogens with one attached hydrogen (secondary N) is 2. The summed E-state index contributed by atoms with van der Waals surface area (Å²) in [6.07, 6.45) is 6.91. The van der Waals surface area contributed by atoms with Gasteiger partial charge in [0.1, 0.15) is 12.4 Å². The monoisotopic (exact) mass is 473 g/mol. The summed E-state index contributed by atoms with van der Waals surface area (Å²) < 4.78 is 41.5. The number of benzene rings is 1. The molecule has 11 heteroatoms. The van der Waals surface area contributed by atoms with E-state index in [0.717, 1.165) is 45.0 Å². The van der Waals surface area contributed by atoms with Crippen LogP contribution in [0.2, 0.25) is 0 Å². The van der Waals surface area contributed by atoms with Crippen molar-refractivity contribution in [3.8, 4) is 11.5 Å². The first-order valence-electron chi connectivity index (χ1n) is 11.3. The molecule has 0 aliphatic carbocycles. The molecule has 2 N–H and O–H groups in total. The second-order valence-corrected chi connectivity index (χ2v) is 7.94. The molecule has 4 rings (SSSR count). The minimum atomic E-state index is -0.773. The maximum atomic E-state index is 14.6. The molecule has 0 radical (unpaired) electrons. The number of methoxy groups -OCH3 is 1. The van der Waals surface area contributed by atoms with E-state index < -0.39 is 11.6 Å². The molecule has 0 spiro atoms. The molecule has 182 valence electrons. The highest BCUT2D eigenvalue weighted by atomic mass is 19.1. The third-order valence-corrected chi connectivity index (χ3v) is 5.69. The summed E-state index contributed by atoms with van der Waals surface area (Å²) in [5.74, 6) is -0.765. The van der Waals surface area contributed by atoms with Gasteiger partial charge in [-0.1, -0.05) is 6.92 Å². The summed E-state index contributed by atoms with van der Waals surface area (Å²) in [7, 11) is 1.34. The number of nitrogens with zero attached hydrogens (tertiary/aromatic N) is 5. The Morgan fingerprint density at radius 2 is 1.85 bits per heavy atom. The van der Waals surface area contributed by atoms with E-state index in [1.54, 1.807) is 13.1 Å². The lowest BCUT2D eigenvalue weighted by Gasteiger charge is -2.26. The summed E-state index contributed by atoms with van der Waals surface area (Å²) in [5, 5.41) is 10.8. The van der Waals surface area contributed by atoms with E-state index in [1.807, 2.05) is 10.9 Å². The SMILES string of the molecule is CCc1cc(OC)c(F)c(COc2cnc(Nc3cnn(CCN4CCNCC4)c3)nc2)c1F. The van der Waals surface area contributed by atoms with Crippen LogP contribution in [0.4, 0.5) is 20.4 Å². The molecule has 3 heterocycles. The fourth-order valence-electron chi connectivity index (χ4n) is 3.73. The van der Waals surface area contributed by atoms with Crippen molar-refractivity contribution in [1.29, 1.82) is 0 Å². The van der Waals surface area contributed by atoms with E-state index in [1.165, 1.54) is 25.6 Å². The average Bonchev–Trinajstić information content (AvgIpc) is 3.32. The van der Waals surface area contributed by atoms with Crippen molar-refractivity contribution in [1.82, 2.24) is 30.0 Å². The Bertz CT molecular complexity index is 1060. The molecule has 0 atom stereocenters. The molecule has 0 saturated carbocycles. The highest BCUT2D eigenvalue weighted by molar-refractivity contribution is 5.50. The van der Waals surface area contributed by atoms with Gasteiger partial charge < -0.3 is 20.1 Å². The van der Waals surface area contributed by atoms with Gasteiger partial charge in [-0.2, -0.15) is 5.10 Å². The summed E-state index contributed by atoms with van der Waals surface area (Å²) >= 11 is 0. The number of aryl methyl sites for hydroxylation is 1. The highest BCUT2D eigenvalue weighted by Gasteiger charge is 2.19. The average molecular weight is 474 g/mol. The van der Waals surface area contributed by atoms with Crippen molar-refractivity contribution in [2.75, 3.05) is 45.2 Å². The molecule has 1 aliphatic heterocycles. The zero-order chi connectivity index (χ0) is 23.9. The zero-order valence-electron chi connectivity index (χ0n) is 19.4. The third-order valence-electron chi connectivity index (χ3n) is 5.69. The van der Waals surface area contributed by atoms with Crippen LogP contribution in [-0.2, 0) is 19.6 Å². The second-order valence-electron chi connectivity index (χ2n) is 7.94. The number of hydrogen-bond donors (Lipinski definition) is 2. The summed E-state index contributed by atoms with van der Waals surface area (Å²) in [5.41, 5.74) is 0.939. The Morgan fingerprint density at radius 1 is 1.09 bits per heavy atom. The van der Waals surface area contributed by atoms with Gasteiger partial charge in [0.2, 0.25) is 5.95 Å². The van der Waals surface area contributed by atoms with E-state index in [-0.39, 0.29) is 23.7 Å².